The number of benzene rings is 2. The number of hydrogen-bond donors (Lipinski definition) is 2. The van der Waals surface area contributed by atoms with Gasteiger partial charge in [0.25, 0.3) is 5.91 Å². The topological polar surface area (TPSA) is 97.6 Å². The van der Waals surface area contributed by atoms with Gasteiger partial charge in [-0.05, 0) is 74.2 Å². The van der Waals surface area contributed by atoms with E-state index in [0.29, 0.717) is 23.0 Å². The average Bonchev–Trinajstić information content (AvgIpc) is 3.12. The van der Waals surface area contributed by atoms with Crippen LogP contribution in [0.1, 0.15) is 27.4 Å². The third-order valence-electron chi connectivity index (χ3n) is 5.82. The van der Waals surface area contributed by atoms with Crippen LogP contribution >= 0.6 is 0 Å². The Bertz CT molecular complexity index is 1480. The molecule has 0 radical (unpaired) electrons. The summed E-state index contributed by atoms with van der Waals surface area (Å²) >= 11 is 0. The van der Waals surface area contributed by atoms with Crippen molar-refractivity contribution >= 4 is 33.9 Å². The van der Waals surface area contributed by atoms with E-state index < -0.39 is 0 Å². The van der Waals surface area contributed by atoms with E-state index in [-0.39, 0.29) is 5.91 Å². The molecule has 0 saturated carbocycles. The minimum absolute atomic E-state index is 0.252. The van der Waals surface area contributed by atoms with Gasteiger partial charge in [0.2, 0.25) is 0 Å². The first-order valence-corrected chi connectivity index (χ1v) is 10.9. The van der Waals surface area contributed by atoms with Crippen molar-refractivity contribution in [2.24, 2.45) is 0 Å². The van der Waals surface area contributed by atoms with Gasteiger partial charge in [-0.15, -0.1) is 10.2 Å². The molecule has 0 atom stereocenters. The van der Waals surface area contributed by atoms with Gasteiger partial charge in [0, 0.05) is 28.7 Å². The van der Waals surface area contributed by atoms with Gasteiger partial charge in [0.1, 0.15) is 5.69 Å². The Hall–Kier alpha value is -4.59. The number of aromatic nitrogens is 5. The molecule has 0 aliphatic carbocycles. The Balaban J connectivity index is 1.27. The van der Waals surface area contributed by atoms with Gasteiger partial charge in [-0.1, -0.05) is 24.3 Å². The van der Waals surface area contributed by atoms with Crippen molar-refractivity contribution in [2.45, 2.75) is 20.8 Å². The number of amides is 1. The molecular formula is C26H23N7O. The molecule has 5 rings (SSSR count). The summed E-state index contributed by atoms with van der Waals surface area (Å²) in [5.41, 5.74) is 5.06. The van der Waals surface area contributed by atoms with Crippen molar-refractivity contribution in [3.63, 3.8) is 0 Å². The summed E-state index contributed by atoms with van der Waals surface area (Å²) in [5.74, 6) is 1.02. The molecule has 8 heteroatoms. The molecule has 0 spiro atoms. The number of aryl methyl sites for hydroxylation is 1. The number of carbonyl (C=O) groups excluding carboxylic acids is 1. The van der Waals surface area contributed by atoms with Crippen LogP contribution in [0.5, 0.6) is 0 Å². The lowest BCUT2D eigenvalue weighted by Gasteiger charge is -2.09. The first kappa shape index (κ1) is 21.3. The summed E-state index contributed by atoms with van der Waals surface area (Å²) in [6, 6.07) is 20.7. The summed E-state index contributed by atoms with van der Waals surface area (Å²) < 4.78 is 1.80. The molecule has 0 fully saturated rings. The van der Waals surface area contributed by atoms with Crippen molar-refractivity contribution in [1.29, 1.82) is 0 Å². The Morgan fingerprint density at radius 1 is 0.853 bits per heavy atom. The molecule has 3 aromatic heterocycles. The van der Waals surface area contributed by atoms with E-state index in [1.165, 1.54) is 0 Å². The van der Waals surface area contributed by atoms with Crippen LogP contribution in [0, 0.1) is 20.8 Å². The minimum atomic E-state index is -0.252. The molecule has 3 heterocycles. The monoisotopic (exact) mass is 449 g/mol. The highest BCUT2D eigenvalue weighted by molar-refractivity contribution is 6.11. The quantitative estimate of drug-likeness (QED) is 0.386. The predicted molar refractivity (Wildman–Crippen MR) is 133 cm³/mol. The SMILES string of the molecule is Cc1nn(-c2ccc(Nc3ccc(NC(=O)c4nccc5ccccc45)cc3)nn2)c(C)c1C. The lowest BCUT2D eigenvalue weighted by molar-refractivity contribution is 0.102. The average molecular weight is 450 g/mol. The van der Waals surface area contributed by atoms with Crippen molar-refractivity contribution in [2.75, 3.05) is 10.6 Å². The fourth-order valence-electron chi connectivity index (χ4n) is 3.72. The summed E-state index contributed by atoms with van der Waals surface area (Å²) in [5, 5.41) is 21.0. The zero-order chi connectivity index (χ0) is 23.7. The smallest absolute Gasteiger partial charge is 0.274 e. The number of anilines is 3. The van der Waals surface area contributed by atoms with Crippen LogP contribution in [0.4, 0.5) is 17.2 Å². The molecule has 0 saturated heterocycles. The number of fused-ring (bicyclic) bond motifs is 1. The molecule has 34 heavy (non-hydrogen) atoms. The van der Waals surface area contributed by atoms with E-state index in [2.05, 4.69) is 30.9 Å². The number of nitrogens with zero attached hydrogens (tertiary/aromatic N) is 5. The van der Waals surface area contributed by atoms with Crippen LogP contribution < -0.4 is 10.6 Å². The van der Waals surface area contributed by atoms with E-state index in [1.54, 1.807) is 10.9 Å². The van der Waals surface area contributed by atoms with E-state index >= 15 is 0 Å². The number of carbonyl (C=O) groups is 1. The zero-order valence-electron chi connectivity index (χ0n) is 19.1. The second-order valence-corrected chi connectivity index (χ2v) is 8.02. The Morgan fingerprint density at radius 2 is 1.62 bits per heavy atom. The normalized spacial score (nSPS) is 10.9. The van der Waals surface area contributed by atoms with Gasteiger partial charge >= 0.3 is 0 Å². The second kappa shape index (κ2) is 8.74. The summed E-state index contributed by atoms with van der Waals surface area (Å²) in [7, 11) is 0. The van der Waals surface area contributed by atoms with Crippen LogP contribution in [0.2, 0.25) is 0 Å². The standard InChI is InChI=1S/C26H23N7O/c1-16-17(2)32-33(18(16)3)24-13-12-23(30-31-24)28-20-8-10-21(11-9-20)29-26(34)25-22-7-5-4-6-19(22)14-15-27-25/h4-15H,1-3H3,(H,28,30)(H,29,34). The van der Waals surface area contributed by atoms with Crippen molar-refractivity contribution < 1.29 is 4.79 Å². The van der Waals surface area contributed by atoms with E-state index in [1.807, 2.05) is 87.5 Å². The predicted octanol–water partition coefficient (Wildman–Crippen LogP) is 5.13. The van der Waals surface area contributed by atoms with E-state index in [0.717, 1.165) is 33.4 Å². The van der Waals surface area contributed by atoms with Crippen molar-refractivity contribution in [3.05, 3.63) is 95.6 Å². The van der Waals surface area contributed by atoms with Crippen LogP contribution in [0.3, 0.4) is 0 Å². The zero-order valence-corrected chi connectivity index (χ0v) is 19.1. The molecule has 168 valence electrons. The maximum Gasteiger partial charge on any atom is 0.274 e. The molecule has 0 bridgehead atoms. The van der Waals surface area contributed by atoms with Crippen LogP contribution in [0.25, 0.3) is 16.6 Å². The van der Waals surface area contributed by atoms with Gasteiger partial charge in [-0.2, -0.15) is 5.10 Å². The fourth-order valence-corrected chi connectivity index (χ4v) is 3.72. The minimum Gasteiger partial charge on any atom is -0.339 e. The van der Waals surface area contributed by atoms with Crippen LogP contribution in [0.15, 0.2) is 72.9 Å². The first-order chi connectivity index (χ1) is 16.5. The molecule has 0 aliphatic rings. The van der Waals surface area contributed by atoms with Crippen LogP contribution in [-0.2, 0) is 0 Å². The molecule has 0 aliphatic heterocycles. The maximum atomic E-state index is 12.8. The largest absolute Gasteiger partial charge is 0.339 e. The van der Waals surface area contributed by atoms with Gasteiger partial charge in [0.15, 0.2) is 11.6 Å². The van der Waals surface area contributed by atoms with Gasteiger partial charge < -0.3 is 10.6 Å². The molecule has 5 aromatic rings. The summed E-state index contributed by atoms with van der Waals surface area (Å²) in [4.78, 5) is 17.1. The molecule has 2 N–H and O–H groups in total. The molecule has 1 amide bonds. The Labute approximate surface area is 196 Å². The van der Waals surface area contributed by atoms with E-state index in [4.69, 9.17) is 0 Å². The molecule has 0 unspecified atom stereocenters. The fraction of sp³-hybridized carbons (Fsp3) is 0.115. The maximum absolute atomic E-state index is 12.8. The summed E-state index contributed by atoms with van der Waals surface area (Å²) in [6.45, 7) is 6.04. The number of hydrogen-bond acceptors (Lipinski definition) is 6. The van der Waals surface area contributed by atoms with E-state index in [9.17, 15) is 4.79 Å². The highest BCUT2D eigenvalue weighted by atomic mass is 16.1. The number of pyridine rings is 1. The molecular weight excluding hydrogens is 426 g/mol. The third-order valence-corrected chi connectivity index (χ3v) is 5.82. The number of rotatable bonds is 5. The lowest BCUT2D eigenvalue weighted by Crippen LogP contribution is -2.14. The second-order valence-electron chi connectivity index (χ2n) is 8.02. The Kier molecular flexibility index (Phi) is 5.47. The van der Waals surface area contributed by atoms with Gasteiger partial charge in [-0.3, -0.25) is 9.78 Å². The Morgan fingerprint density at radius 3 is 2.32 bits per heavy atom. The highest BCUT2D eigenvalue weighted by Gasteiger charge is 2.12. The summed E-state index contributed by atoms with van der Waals surface area (Å²) in [6.07, 6.45) is 1.65. The molecule has 2 aromatic carbocycles. The van der Waals surface area contributed by atoms with Crippen LogP contribution in [-0.4, -0.2) is 30.9 Å². The lowest BCUT2D eigenvalue weighted by atomic mass is 10.1. The van der Waals surface area contributed by atoms with Crippen molar-refractivity contribution in [1.82, 2.24) is 25.0 Å². The highest BCUT2D eigenvalue weighted by Crippen LogP contribution is 2.21. The van der Waals surface area contributed by atoms with Crippen molar-refractivity contribution in [3.8, 4) is 5.82 Å². The number of nitrogens with one attached hydrogen (secondary N) is 2. The van der Waals surface area contributed by atoms with Gasteiger partial charge in [0.05, 0.1) is 5.69 Å². The third kappa shape index (κ3) is 4.09. The molecule has 8 nitrogen and oxygen atoms in total. The first-order valence-electron chi connectivity index (χ1n) is 10.9. The van der Waals surface area contributed by atoms with Gasteiger partial charge in [-0.25, -0.2) is 4.68 Å².